The summed E-state index contributed by atoms with van der Waals surface area (Å²) in [7, 11) is 5.86. The molecule has 0 atom stereocenters. The van der Waals surface area contributed by atoms with Crippen LogP contribution in [0.5, 0.6) is 0 Å². The number of anilines is 1. The van der Waals surface area contributed by atoms with Crippen LogP contribution in [-0.2, 0) is 11.3 Å². The van der Waals surface area contributed by atoms with Crippen LogP contribution in [0.25, 0.3) is 0 Å². The Bertz CT molecular complexity index is 405. The number of nitrogens with two attached hydrogens (primary N) is 1. The van der Waals surface area contributed by atoms with Crippen LogP contribution in [0.1, 0.15) is 19.4 Å². The molecule has 0 spiro atoms. The van der Waals surface area contributed by atoms with E-state index in [1.165, 1.54) is 5.56 Å². The summed E-state index contributed by atoms with van der Waals surface area (Å²) < 4.78 is 5.08. The molecule has 0 unspecified atom stereocenters. The molecule has 1 rings (SSSR count). The summed E-state index contributed by atoms with van der Waals surface area (Å²) >= 11 is 0. The molecule has 0 radical (unpaired) electrons. The molecule has 0 aromatic carbocycles. The molecule has 1 heterocycles. The quantitative estimate of drug-likeness (QED) is 0.749. The van der Waals surface area contributed by atoms with Crippen LogP contribution in [0.3, 0.4) is 0 Å². The second-order valence-electron chi connectivity index (χ2n) is 6.48. The first-order chi connectivity index (χ1) is 9.88. The molecule has 0 saturated carbocycles. The van der Waals surface area contributed by atoms with Gasteiger partial charge >= 0.3 is 0 Å². The van der Waals surface area contributed by atoms with Gasteiger partial charge in [0.2, 0.25) is 0 Å². The third-order valence-corrected chi connectivity index (χ3v) is 3.53. The zero-order valence-corrected chi connectivity index (χ0v) is 14.1. The standard InChI is InChI=1S/C16H30N4O/c1-16(2,12-17)13-19(3)11-14-6-7-15(18-10-14)20(4)8-9-21-5/h6-7,10H,8-9,11-13,17H2,1-5H3. The first-order valence-electron chi connectivity index (χ1n) is 7.41. The molecule has 21 heavy (non-hydrogen) atoms. The second-order valence-corrected chi connectivity index (χ2v) is 6.48. The smallest absolute Gasteiger partial charge is 0.128 e. The number of hydrogen-bond donors (Lipinski definition) is 1. The van der Waals surface area contributed by atoms with Crippen LogP contribution < -0.4 is 10.6 Å². The van der Waals surface area contributed by atoms with E-state index in [1.807, 2.05) is 13.2 Å². The number of aromatic nitrogens is 1. The van der Waals surface area contributed by atoms with E-state index in [-0.39, 0.29) is 5.41 Å². The second kappa shape index (κ2) is 8.32. The van der Waals surface area contributed by atoms with Crippen molar-refractivity contribution in [2.75, 3.05) is 52.3 Å². The van der Waals surface area contributed by atoms with Crippen molar-refractivity contribution in [2.45, 2.75) is 20.4 Å². The van der Waals surface area contributed by atoms with Crippen LogP contribution >= 0.6 is 0 Å². The van der Waals surface area contributed by atoms with Crippen LogP contribution in [0.15, 0.2) is 18.3 Å². The number of pyridine rings is 1. The van der Waals surface area contributed by atoms with Crippen LogP contribution in [0.2, 0.25) is 0 Å². The van der Waals surface area contributed by atoms with Gasteiger partial charge in [0.1, 0.15) is 5.82 Å². The average Bonchev–Trinajstić information content (AvgIpc) is 2.45. The van der Waals surface area contributed by atoms with Crippen molar-refractivity contribution in [3.63, 3.8) is 0 Å². The zero-order chi connectivity index (χ0) is 15.9. The Morgan fingerprint density at radius 3 is 2.52 bits per heavy atom. The lowest BCUT2D eigenvalue weighted by molar-refractivity contribution is 0.206. The van der Waals surface area contributed by atoms with Crippen LogP contribution in [-0.4, -0.2) is 57.3 Å². The summed E-state index contributed by atoms with van der Waals surface area (Å²) in [6, 6.07) is 4.20. The first-order valence-corrected chi connectivity index (χ1v) is 7.41. The van der Waals surface area contributed by atoms with Crippen molar-refractivity contribution in [3.05, 3.63) is 23.9 Å². The highest BCUT2D eigenvalue weighted by Gasteiger charge is 2.18. The Morgan fingerprint density at radius 1 is 1.29 bits per heavy atom. The molecule has 2 N–H and O–H groups in total. The van der Waals surface area contributed by atoms with Gasteiger partial charge in [-0.05, 0) is 30.6 Å². The average molecular weight is 294 g/mol. The summed E-state index contributed by atoms with van der Waals surface area (Å²) in [5.41, 5.74) is 7.14. The molecular formula is C16H30N4O. The monoisotopic (exact) mass is 294 g/mol. The van der Waals surface area contributed by atoms with Crippen molar-refractivity contribution < 1.29 is 4.74 Å². The zero-order valence-electron chi connectivity index (χ0n) is 14.1. The Morgan fingerprint density at radius 2 is 2.00 bits per heavy atom. The van der Waals surface area contributed by atoms with Crippen molar-refractivity contribution in [1.82, 2.24) is 9.88 Å². The molecule has 5 nitrogen and oxygen atoms in total. The third kappa shape index (κ3) is 6.42. The Hall–Kier alpha value is -1.17. The summed E-state index contributed by atoms with van der Waals surface area (Å²) in [6.45, 7) is 8.48. The highest BCUT2D eigenvalue weighted by atomic mass is 16.5. The summed E-state index contributed by atoms with van der Waals surface area (Å²) in [4.78, 5) is 8.90. The number of rotatable bonds is 9. The van der Waals surface area contributed by atoms with Crippen LogP contribution in [0, 0.1) is 5.41 Å². The fourth-order valence-corrected chi connectivity index (χ4v) is 2.24. The molecule has 0 bridgehead atoms. The third-order valence-electron chi connectivity index (χ3n) is 3.53. The number of ether oxygens (including phenoxy) is 1. The summed E-state index contributed by atoms with van der Waals surface area (Å²) in [6.07, 6.45) is 1.95. The fraction of sp³-hybridized carbons (Fsp3) is 0.688. The maximum Gasteiger partial charge on any atom is 0.128 e. The summed E-state index contributed by atoms with van der Waals surface area (Å²) in [5.74, 6) is 0.973. The topological polar surface area (TPSA) is 54.6 Å². The number of likely N-dealkylation sites (N-methyl/N-ethyl adjacent to an activating group) is 1. The van der Waals surface area contributed by atoms with E-state index in [4.69, 9.17) is 10.5 Å². The molecule has 0 fully saturated rings. The lowest BCUT2D eigenvalue weighted by atomic mass is 9.93. The molecule has 0 amide bonds. The van der Waals surface area contributed by atoms with Crippen molar-refractivity contribution in [1.29, 1.82) is 0 Å². The van der Waals surface area contributed by atoms with Gasteiger partial charge in [-0.2, -0.15) is 0 Å². The highest BCUT2D eigenvalue weighted by Crippen LogP contribution is 2.16. The molecule has 0 saturated heterocycles. The van der Waals surface area contributed by atoms with Gasteiger partial charge in [0.15, 0.2) is 0 Å². The predicted octanol–water partition coefficient (Wildman–Crippen LogP) is 1.58. The maximum absolute atomic E-state index is 5.79. The molecule has 1 aromatic heterocycles. The normalized spacial score (nSPS) is 12.0. The van der Waals surface area contributed by atoms with Gasteiger partial charge in [-0.25, -0.2) is 4.98 Å². The lowest BCUT2D eigenvalue weighted by Gasteiger charge is -2.29. The Labute approximate surface area is 129 Å². The molecule has 120 valence electrons. The van der Waals surface area contributed by atoms with E-state index in [9.17, 15) is 0 Å². The molecular weight excluding hydrogens is 264 g/mol. The Balaban J connectivity index is 2.54. The largest absolute Gasteiger partial charge is 0.383 e. The van der Waals surface area contributed by atoms with Gasteiger partial charge in [-0.15, -0.1) is 0 Å². The predicted molar refractivity (Wildman–Crippen MR) is 88.6 cm³/mol. The minimum atomic E-state index is 0.141. The molecule has 0 aliphatic heterocycles. The van der Waals surface area contributed by atoms with Gasteiger partial charge in [-0.3, -0.25) is 0 Å². The summed E-state index contributed by atoms with van der Waals surface area (Å²) in [5, 5.41) is 0. The minimum Gasteiger partial charge on any atom is -0.383 e. The maximum atomic E-state index is 5.79. The van der Waals surface area contributed by atoms with Gasteiger partial charge in [0, 0.05) is 40.0 Å². The highest BCUT2D eigenvalue weighted by molar-refractivity contribution is 5.38. The number of hydrogen-bond acceptors (Lipinski definition) is 5. The molecule has 0 aliphatic carbocycles. The first kappa shape index (κ1) is 17.9. The van der Waals surface area contributed by atoms with Gasteiger partial charge < -0.3 is 20.3 Å². The Kier molecular flexibility index (Phi) is 7.08. The molecule has 0 aliphatic rings. The van der Waals surface area contributed by atoms with Crippen molar-refractivity contribution in [2.24, 2.45) is 11.1 Å². The lowest BCUT2D eigenvalue weighted by Crippen LogP contribution is -2.36. The fourth-order valence-electron chi connectivity index (χ4n) is 2.24. The number of nitrogens with zero attached hydrogens (tertiary/aromatic N) is 3. The minimum absolute atomic E-state index is 0.141. The van der Waals surface area contributed by atoms with Crippen LogP contribution in [0.4, 0.5) is 5.82 Å². The molecule has 1 aromatic rings. The SMILES string of the molecule is COCCN(C)c1ccc(CN(C)CC(C)(C)CN)cn1. The number of methoxy groups -OCH3 is 1. The van der Waals surface area contributed by atoms with E-state index >= 15 is 0 Å². The van der Waals surface area contributed by atoms with E-state index in [2.05, 4.69) is 47.8 Å². The van der Waals surface area contributed by atoms with E-state index in [0.717, 1.165) is 25.5 Å². The molecule has 5 heteroatoms. The van der Waals surface area contributed by atoms with Crippen molar-refractivity contribution in [3.8, 4) is 0 Å². The van der Waals surface area contributed by atoms with E-state index < -0.39 is 0 Å². The van der Waals surface area contributed by atoms with Crippen molar-refractivity contribution >= 4 is 5.82 Å². The van der Waals surface area contributed by atoms with Gasteiger partial charge in [-0.1, -0.05) is 19.9 Å². The van der Waals surface area contributed by atoms with E-state index in [0.29, 0.717) is 13.2 Å². The van der Waals surface area contributed by atoms with Gasteiger partial charge in [0.25, 0.3) is 0 Å². The van der Waals surface area contributed by atoms with Gasteiger partial charge in [0.05, 0.1) is 6.61 Å². The van der Waals surface area contributed by atoms with E-state index in [1.54, 1.807) is 7.11 Å².